The molecular formula is C9H15NO3. The summed E-state index contributed by atoms with van der Waals surface area (Å²) in [5, 5.41) is 18.8. The summed E-state index contributed by atoms with van der Waals surface area (Å²) < 4.78 is 0. The fourth-order valence-corrected chi connectivity index (χ4v) is 0.574. The van der Waals surface area contributed by atoms with E-state index >= 15 is 0 Å². The molecule has 0 unspecified atom stereocenters. The number of benzene rings is 1. The number of phenolic OH excluding ortho intramolecular Hbond substituents is 1. The van der Waals surface area contributed by atoms with Gasteiger partial charge in [0.15, 0.2) is 0 Å². The maximum atomic E-state index is 10.0. The summed E-state index contributed by atoms with van der Waals surface area (Å²) in [6.07, 6.45) is 0. The van der Waals surface area contributed by atoms with Gasteiger partial charge in [-0.05, 0) is 12.1 Å². The molecule has 1 N–H and O–H groups in total. The maximum Gasteiger partial charge on any atom is 0.269 e. The topological polar surface area (TPSA) is 63.4 Å². The standard InChI is InChI=1S/C6H5NO3.C2H6.CH4/c8-6-3-1-5(2-4-6)7(9)10;1-2;/h1-4,8H;1-2H3;1H4. The summed E-state index contributed by atoms with van der Waals surface area (Å²) in [6, 6.07) is 5.04. The molecule has 4 nitrogen and oxygen atoms in total. The first-order chi connectivity index (χ1) is 5.70. The quantitative estimate of drug-likeness (QED) is 0.540. The van der Waals surface area contributed by atoms with E-state index in [2.05, 4.69) is 0 Å². The Morgan fingerprint density at radius 2 is 1.62 bits per heavy atom. The van der Waals surface area contributed by atoms with E-state index in [0.717, 1.165) is 0 Å². The van der Waals surface area contributed by atoms with Crippen molar-refractivity contribution in [2.45, 2.75) is 21.3 Å². The first-order valence-corrected chi connectivity index (χ1v) is 3.63. The third-order valence-corrected chi connectivity index (χ3v) is 1.06. The molecule has 1 aromatic rings. The van der Waals surface area contributed by atoms with E-state index in [4.69, 9.17) is 5.11 Å². The number of aromatic hydroxyl groups is 1. The van der Waals surface area contributed by atoms with Crippen LogP contribution in [0, 0.1) is 10.1 Å². The Morgan fingerprint density at radius 1 is 1.23 bits per heavy atom. The van der Waals surface area contributed by atoms with Crippen molar-refractivity contribution < 1.29 is 10.0 Å². The normalized spacial score (nSPS) is 7.54. The van der Waals surface area contributed by atoms with Gasteiger partial charge in [0.1, 0.15) is 5.75 Å². The molecule has 0 atom stereocenters. The molecule has 0 aliphatic carbocycles. The molecule has 0 saturated carbocycles. The molecule has 0 amide bonds. The van der Waals surface area contributed by atoms with Gasteiger partial charge in [-0.1, -0.05) is 21.3 Å². The van der Waals surface area contributed by atoms with Gasteiger partial charge < -0.3 is 5.11 Å². The van der Waals surface area contributed by atoms with Crippen molar-refractivity contribution in [2.75, 3.05) is 0 Å². The van der Waals surface area contributed by atoms with Crippen LogP contribution in [-0.4, -0.2) is 10.0 Å². The zero-order chi connectivity index (χ0) is 9.56. The van der Waals surface area contributed by atoms with Gasteiger partial charge in [-0.25, -0.2) is 0 Å². The van der Waals surface area contributed by atoms with Gasteiger partial charge >= 0.3 is 0 Å². The van der Waals surface area contributed by atoms with Crippen molar-refractivity contribution in [3.63, 3.8) is 0 Å². The van der Waals surface area contributed by atoms with E-state index < -0.39 is 4.92 Å². The molecule has 0 aliphatic heterocycles. The predicted octanol–water partition coefficient (Wildman–Crippen LogP) is 2.96. The Labute approximate surface area is 78.0 Å². The summed E-state index contributed by atoms with van der Waals surface area (Å²) in [5.74, 6) is 0.0330. The first-order valence-electron chi connectivity index (χ1n) is 3.63. The van der Waals surface area contributed by atoms with Gasteiger partial charge in [-0.2, -0.15) is 0 Å². The van der Waals surface area contributed by atoms with Crippen molar-refractivity contribution in [1.82, 2.24) is 0 Å². The minimum Gasteiger partial charge on any atom is -0.508 e. The molecule has 0 fully saturated rings. The second-order valence-corrected chi connectivity index (χ2v) is 1.77. The van der Waals surface area contributed by atoms with E-state index in [1.54, 1.807) is 0 Å². The van der Waals surface area contributed by atoms with E-state index in [9.17, 15) is 10.1 Å². The molecule has 13 heavy (non-hydrogen) atoms. The number of nitro benzene ring substituents is 1. The lowest BCUT2D eigenvalue weighted by molar-refractivity contribution is -0.384. The van der Waals surface area contributed by atoms with Gasteiger partial charge in [-0.15, -0.1) is 0 Å². The maximum absolute atomic E-state index is 10.0. The Morgan fingerprint density at radius 3 is 1.92 bits per heavy atom. The highest BCUT2D eigenvalue weighted by atomic mass is 16.6. The van der Waals surface area contributed by atoms with Crippen LogP contribution < -0.4 is 0 Å². The molecule has 1 rings (SSSR count). The van der Waals surface area contributed by atoms with E-state index in [1.165, 1.54) is 24.3 Å². The van der Waals surface area contributed by atoms with Crippen LogP contribution in [0.15, 0.2) is 24.3 Å². The number of non-ortho nitro benzene ring substituents is 1. The summed E-state index contributed by atoms with van der Waals surface area (Å²) in [7, 11) is 0. The number of rotatable bonds is 1. The SMILES string of the molecule is C.CC.O=[N+]([O-])c1ccc(O)cc1. The fraction of sp³-hybridized carbons (Fsp3) is 0.333. The molecule has 0 radical (unpaired) electrons. The number of hydrogen-bond donors (Lipinski definition) is 1. The number of nitro groups is 1. The Hall–Kier alpha value is -1.58. The highest BCUT2D eigenvalue weighted by molar-refractivity contribution is 5.34. The third kappa shape index (κ3) is 4.79. The smallest absolute Gasteiger partial charge is 0.269 e. The molecule has 74 valence electrons. The lowest BCUT2D eigenvalue weighted by Crippen LogP contribution is -1.85. The van der Waals surface area contributed by atoms with Crippen molar-refractivity contribution in [3.05, 3.63) is 34.4 Å². The summed E-state index contributed by atoms with van der Waals surface area (Å²) >= 11 is 0. The van der Waals surface area contributed by atoms with Crippen LogP contribution in [-0.2, 0) is 0 Å². The van der Waals surface area contributed by atoms with E-state index in [1.807, 2.05) is 13.8 Å². The Balaban J connectivity index is 0. The van der Waals surface area contributed by atoms with Gasteiger partial charge in [-0.3, -0.25) is 10.1 Å². The second kappa shape index (κ2) is 7.09. The molecule has 0 spiro atoms. The molecule has 0 bridgehead atoms. The van der Waals surface area contributed by atoms with Gasteiger partial charge in [0.2, 0.25) is 0 Å². The van der Waals surface area contributed by atoms with Gasteiger partial charge in [0.05, 0.1) is 4.92 Å². The van der Waals surface area contributed by atoms with E-state index in [-0.39, 0.29) is 18.9 Å². The summed E-state index contributed by atoms with van der Waals surface area (Å²) in [6.45, 7) is 4.00. The largest absolute Gasteiger partial charge is 0.508 e. The minimum absolute atomic E-state index is 0. The van der Waals surface area contributed by atoms with Gasteiger partial charge in [0.25, 0.3) is 5.69 Å². The zero-order valence-corrected chi connectivity index (χ0v) is 7.02. The molecule has 0 aliphatic rings. The summed E-state index contributed by atoms with van der Waals surface area (Å²) in [4.78, 5) is 9.52. The molecular weight excluding hydrogens is 170 g/mol. The van der Waals surface area contributed by atoms with Crippen molar-refractivity contribution >= 4 is 5.69 Å². The average Bonchev–Trinajstić information content (AvgIpc) is 2.09. The minimum atomic E-state index is -0.514. The number of phenols is 1. The van der Waals surface area contributed by atoms with Crippen LogP contribution in [0.1, 0.15) is 21.3 Å². The van der Waals surface area contributed by atoms with Crippen LogP contribution in [0.3, 0.4) is 0 Å². The predicted molar refractivity (Wildman–Crippen MR) is 52.8 cm³/mol. The highest BCUT2D eigenvalue weighted by Crippen LogP contribution is 2.14. The Bertz CT molecular complexity index is 244. The third-order valence-electron chi connectivity index (χ3n) is 1.06. The first kappa shape index (κ1) is 14.0. The second-order valence-electron chi connectivity index (χ2n) is 1.77. The molecule has 0 saturated heterocycles. The zero-order valence-electron chi connectivity index (χ0n) is 7.02. The van der Waals surface area contributed by atoms with Crippen LogP contribution in [0.4, 0.5) is 5.69 Å². The molecule has 4 heteroatoms. The molecule has 0 aromatic heterocycles. The van der Waals surface area contributed by atoms with Crippen molar-refractivity contribution in [3.8, 4) is 5.75 Å². The van der Waals surface area contributed by atoms with Crippen LogP contribution in [0.2, 0.25) is 0 Å². The van der Waals surface area contributed by atoms with Crippen molar-refractivity contribution in [1.29, 1.82) is 0 Å². The Kier molecular flexibility index (Phi) is 7.62. The van der Waals surface area contributed by atoms with Crippen LogP contribution >= 0.6 is 0 Å². The van der Waals surface area contributed by atoms with Crippen LogP contribution in [0.25, 0.3) is 0 Å². The average molecular weight is 185 g/mol. The lowest BCUT2D eigenvalue weighted by Gasteiger charge is -1.89. The van der Waals surface area contributed by atoms with Crippen LogP contribution in [0.5, 0.6) is 5.75 Å². The number of nitrogens with zero attached hydrogens (tertiary/aromatic N) is 1. The summed E-state index contributed by atoms with van der Waals surface area (Å²) in [5.41, 5.74) is -0.0159. The monoisotopic (exact) mass is 185 g/mol. The van der Waals surface area contributed by atoms with E-state index in [0.29, 0.717) is 0 Å². The molecule has 0 heterocycles. The molecule has 1 aromatic carbocycles. The van der Waals surface area contributed by atoms with Gasteiger partial charge in [0, 0.05) is 12.1 Å². The van der Waals surface area contributed by atoms with Crippen molar-refractivity contribution in [2.24, 2.45) is 0 Å². The fourth-order valence-electron chi connectivity index (χ4n) is 0.574. The lowest BCUT2D eigenvalue weighted by atomic mass is 10.3. The number of hydrogen-bond acceptors (Lipinski definition) is 3. The highest BCUT2D eigenvalue weighted by Gasteiger charge is 2.01.